The van der Waals surface area contributed by atoms with Crippen molar-refractivity contribution in [1.82, 2.24) is 15.5 Å². The monoisotopic (exact) mass is 484 g/mol. The predicted molar refractivity (Wildman–Crippen MR) is 114 cm³/mol. The molecular weight excluding hydrogens is 453 g/mol. The Balaban J connectivity index is 0.00000625. The largest absolute Gasteiger partial charge is 0.385 e. The molecule has 0 saturated carbocycles. The van der Waals surface area contributed by atoms with Gasteiger partial charge in [-0.15, -0.1) is 24.0 Å². The first-order chi connectivity index (χ1) is 12.0. The average Bonchev–Trinajstić information content (AvgIpc) is 2.57. The second kappa shape index (κ2) is 14.1. The van der Waals surface area contributed by atoms with Gasteiger partial charge in [-0.05, 0) is 25.1 Å². The molecule has 1 atom stereocenters. The van der Waals surface area contributed by atoms with Crippen molar-refractivity contribution >= 4 is 29.9 Å². The third-order valence-corrected chi connectivity index (χ3v) is 3.97. The molecule has 0 radical (unpaired) electrons. The summed E-state index contributed by atoms with van der Waals surface area (Å²) in [6.07, 6.45) is 1.00. The van der Waals surface area contributed by atoms with Crippen LogP contribution < -0.4 is 10.6 Å². The molecule has 0 spiro atoms. The zero-order valence-electron chi connectivity index (χ0n) is 16.0. The van der Waals surface area contributed by atoms with E-state index < -0.39 is 11.6 Å². The van der Waals surface area contributed by atoms with Crippen LogP contribution in [0.3, 0.4) is 0 Å². The minimum atomic E-state index is -0.562. The number of nitrogens with one attached hydrogen (secondary N) is 2. The number of methoxy groups -OCH3 is 1. The molecule has 0 aromatic heterocycles. The zero-order valence-corrected chi connectivity index (χ0v) is 18.3. The highest BCUT2D eigenvalue weighted by molar-refractivity contribution is 14.0. The minimum absolute atomic E-state index is 0. The Morgan fingerprint density at radius 1 is 1.27 bits per heavy atom. The number of ether oxygens (including phenoxy) is 1. The van der Waals surface area contributed by atoms with Gasteiger partial charge in [-0.2, -0.15) is 0 Å². The van der Waals surface area contributed by atoms with Crippen molar-refractivity contribution in [2.45, 2.75) is 19.3 Å². The summed E-state index contributed by atoms with van der Waals surface area (Å²) in [6.45, 7) is 5.77. The molecule has 0 heterocycles. The van der Waals surface area contributed by atoms with Crippen LogP contribution in [0, 0.1) is 11.6 Å². The van der Waals surface area contributed by atoms with Crippen molar-refractivity contribution in [2.24, 2.45) is 4.99 Å². The van der Waals surface area contributed by atoms with Gasteiger partial charge in [0, 0.05) is 58.9 Å². The standard InChI is InChI=1S/C18H30F2N4O.HI/c1-14(16-7-6-15(19)12-17(16)20)13-23-18(21-2)22-8-10-24(3)9-5-11-25-4;/h6-7,12,14H,5,8-11,13H2,1-4H3,(H2,21,22,23);1H. The van der Waals surface area contributed by atoms with Crippen LogP contribution in [0.4, 0.5) is 8.78 Å². The van der Waals surface area contributed by atoms with Crippen LogP contribution in [0.1, 0.15) is 24.8 Å². The molecule has 0 aliphatic rings. The van der Waals surface area contributed by atoms with Gasteiger partial charge >= 0.3 is 0 Å². The first kappa shape index (κ1) is 25.0. The van der Waals surface area contributed by atoms with E-state index in [0.29, 0.717) is 18.1 Å². The van der Waals surface area contributed by atoms with Gasteiger partial charge in [-0.25, -0.2) is 8.78 Å². The molecule has 1 unspecified atom stereocenters. The van der Waals surface area contributed by atoms with Crippen molar-refractivity contribution in [1.29, 1.82) is 0 Å². The molecule has 0 aliphatic carbocycles. The first-order valence-electron chi connectivity index (χ1n) is 8.54. The van der Waals surface area contributed by atoms with Crippen LogP contribution in [0.2, 0.25) is 0 Å². The molecule has 0 aliphatic heterocycles. The number of halogens is 3. The van der Waals surface area contributed by atoms with Crippen molar-refractivity contribution in [3.05, 3.63) is 35.4 Å². The van der Waals surface area contributed by atoms with E-state index >= 15 is 0 Å². The fourth-order valence-corrected chi connectivity index (χ4v) is 2.44. The first-order valence-corrected chi connectivity index (χ1v) is 8.54. The third kappa shape index (κ3) is 9.63. The second-order valence-electron chi connectivity index (χ2n) is 6.10. The van der Waals surface area contributed by atoms with Crippen molar-refractivity contribution in [3.8, 4) is 0 Å². The molecule has 1 aromatic carbocycles. The highest BCUT2D eigenvalue weighted by atomic mass is 127. The molecule has 5 nitrogen and oxygen atoms in total. The predicted octanol–water partition coefficient (Wildman–Crippen LogP) is 2.82. The maximum absolute atomic E-state index is 13.8. The smallest absolute Gasteiger partial charge is 0.191 e. The van der Waals surface area contributed by atoms with Crippen molar-refractivity contribution in [2.75, 3.05) is 54.0 Å². The topological polar surface area (TPSA) is 48.9 Å². The van der Waals surface area contributed by atoms with Gasteiger partial charge in [-0.3, -0.25) is 4.99 Å². The lowest BCUT2D eigenvalue weighted by molar-refractivity contribution is 0.180. The van der Waals surface area contributed by atoms with E-state index in [1.807, 2.05) is 6.92 Å². The van der Waals surface area contributed by atoms with E-state index in [9.17, 15) is 8.78 Å². The number of hydrogen-bond donors (Lipinski definition) is 2. The summed E-state index contributed by atoms with van der Waals surface area (Å²) in [5.41, 5.74) is 0.488. The fraction of sp³-hybridized carbons (Fsp3) is 0.611. The third-order valence-electron chi connectivity index (χ3n) is 3.97. The van der Waals surface area contributed by atoms with E-state index in [1.54, 1.807) is 14.2 Å². The van der Waals surface area contributed by atoms with Crippen LogP contribution in [0.15, 0.2) is 23.2 Å². The van der Waals surface area contributed by atoms with E-state index in [2.05, 4.69) is 27.6 Å². The Bertz CT molecular complexity index is 546. The lowest BCUT2D eigenvalue weighted by Crippen LogP contribution is -2.42. The lowest BCUT2D eigenvalue weighted by atomic mass is 10.0. The summed E-state index contributed by atoms with van der Waals surface area (Å²) in [4.78, 5) is 6.38. The summed E-state index contributed by atoms with van der Waals surface area (Å²) in [6, 6.07) is 3.68. The van der Waals surface area contributed by atoms with Gasteiger partial charge in [0.15, 0.2) is 5.96 Å². The van der Waals surface area contributed by atoms with E-state index in [4.69, 9.17) is 4.74 Å². The Kier molecular flexibility index (Phi) is 13.6. The number of aliphatic imine (C=N–C) groups is 1. The molecule has 2 N–H and O–H groups in total. The van der Waals surface area contributed by atoms with Crippen LogP contribution in [0.25, 0.3) is 0 Å². The van der Waals surface area contributed by atoms with Gasteiger partial charge < -0.3 is 20.3 Å². The normalized spacial score (nSPS) is 12.7. The summed E-state index contributed by atoms with van der Waals surface area (Å²) in [7, 11) is 5.46. The van der Waals surface area contributed by atoms with Crippen LogP contribution >= 0.6 is 24.0 Å². The van der Waals surface area contributed by atoms with Crippen molar-refractivity contribution in [3.63, 3.8) is 0 Å². The molecular formula is C18H31F2IN4O. The van der Waals surface area contributed by atoms with Crippen LogP contribution in [-0.2, 0) is 4.74 Å². The molecule has 1 aromatic rings. The highest BCUT2D eigenvalue weighted by Gasteiger charge is 2.12. The molecule has 1 rings (SSSR count). The summed E-state index contributed by atoms with van der Waals surface area (Å²) in [5, 5.41) is 6.41. The van der Waals surface area contributed by atoms with Crippen LogP contribution in [-0.4, -0.2) is 64.9 Å². The number of likely N-dealkylation sites (N-methyl/N-ethyl adjacent to an activating group) is 1. The molecule has 150 valence electrons. The Labute approximate surface area is 172 Å². The maximum Gasteiger partial charge on any atom is 0.191 e. The van der Waals surface area contributed by atoms with Crippen LogP contribution in [0.5, 0.6) is 0 Å². The van der Waals surface area contributed by atoms with E-state index in [0.717, 1.165) is 38.7 Å². The van der Waals surface area contributed by atoms with Gasteiger partial charge in [0.1, 0.15) is 11.6 Å². The number of rotatable bonds is 10. The average molecular weight is 484 g/mol. The quantitative estimate of drug-likeness (QED) is 0.232. The Morgan fingerprint density at radius 3 is 2.62 bits per heavy atom. The number of guanidine groups is 1. The SMILES string of the molecule is CN=C(NCCN(C)CCCOC)NCC(C)c1ccc(F)cc1F.I. The zero-order chi connectivity index (χ0) is 18.7. The highest BCUT2D eigenvalue weighted by Crippen LogP contribution is 2.18. The maximum atomic E-state index is 13.8. The number of nitrogens with zero attached hydrogens (tertiary/aromatic N) is 2. The Hall–Kier alpha value is -1.00. The molecule has 0 fully saturated rings. The van der Waals surface area contributed by atoms with Crippen molar-refractivity contribution < 1.29 is 13.5 Å². The van der Waals surface area contributed by atoms with Gasteiger partial charge in [0.25, 0.3) is 0 Å². The molecule has 26 heavy (non-hydrogen) atoms. The summed E-state index contributed by atoms with van der Waals surface area (Å²) < 4.78 is 31.8. The Morgan fingerprint density at radius 2 is 2.00 bits per heavy atom. The minimum Gasteiger partial charge on any atom is -0.385 e. The second-order valence-corrected chi connectivity index (χ2v) is 6.10. The van der Waals surface area contributed by atoms with Gasteiger partial charge in [0.05, 0.1) is 0 Å². The summed E-state index contributed by atoms with van der Waals surface area (Å²) in [5.74, 6) is -0.515. The van der Waals surface area contributed by atoms with Gasteiger partial charge in [0.2, 0.25) is 0 Å². The molecule has 8 heteroatoms. The molecule has 0 bridgehead atoms. The fourth-order valence-electron chi connectivity index (χ4n) is 2.44. The molecule has 0 amide bonds. The van der Waals surface area contributed by atoms with Gasteiger partial charge in [-0.1, -0.05) is 13.0 Å². The summed E-state index contributed by atoms with van der Waals surface area (Å²) >= 11 is 0. The van der Waals surface area contributed by atoms with E-state index in [1.165, 1.54) is 12.1 Å². The number of hydrogen-bond acceptors (Lipinski definition) is 3. The lowest BCUT2D eigenvalue weighted by Gasteiger charge is -2.19. The van der Waals surface area contributed by atoms with E-state index in [-0.39, 0.29) is 29.9 Å². The molecule has 0 saturated heterocycles. The number of benzene rings is 1.